The highest BCUT2D eigenvalue weighted by Gasteiger charge is 2.59. The molecule has 7 nitrogen and oxygen atoms in total. The van der Waals surface area contributed by atoms with Crippen LogP contribution in [0.2, 0.25) is 0 Å². The first-order chi connectivity index (χ1) is 13.3. The Morgan fingerprint density at radius 3 is 2.75 bits per heavy atom. The molecule has 2 N–H and O–H groups in total. The number of nitrogens with one attached hydrogen (secondary N) is 1. The van der Waals surface area contributed by atoms with Gasteiger partial charge in [0.1, 0.15) is 5.56 Å². The van der Waals surface area contributed by atoms with E-state index in [1.54, 1.807) is 11.9 Å². The van der Waals surface area contributed by atoms with E-state index in [0.717, 1.165) is 12.3 Å². The quantitative estimate of drug-likeness (QED) is 0.811. The van der Waals surface area contributed by atoms with Gasteiger partial charge in [-0.2, -0.15) is 0 Å². The fraction of sp³-hybridized carbons (Fsp3) is 0.421. The number of anilines is 1. The fourth-order valence-electron chi connectivity index (χ4n) is 4.73. The van der Waals surface area contributed by atoms with E-state index in [0.29, 0.717) is 25.9 Å². The van der Waals surface area contributed by atoms with Crippen molar-refractivity contribution in [1.82, 2.24) is 14.9 Å². The summed E-state index contributed by atoms with van der Waals surface area (Å²) in [6.45, 7) is 3.90. The van der Waals surface area contributed by atoms with Crippen LogP contribution < -0.4 is 15.6 Å². The van der Waals surface area contributed by atoms with Crippen molar-refractivity contribution in [2.24, 2.45) is 5.41 Å². The first kappa shape index (κ1) is 18.5. The summed E-state index contributed by atoms with van der Waals surface area (Å²) < 4.78 is 29.9. The zero-order chi connectivity index (χ0) is 20.3. The maximum absolute atomic E-state index is 14.9. The van der Waals surface area contributed by atoms with Gasteiger partial charge in [-0.15, -0.1) is 0 Å². The molecule has 1 saturated carbocycles. The number of piperidine rings is 2. The molecule has 0 spiro atoms. The molecule has 0 aromatic carbocycles. The minimum Gasteiger partial charge on any atom is -0.477 e. The summed E-state index contributed by atoms with van der Waals surface area (Å²) in [6.07, 6.45) is 3.77. The van der Waals surface area contributed by atoms with Crippen LogP contribution in [0.3, 0.4) is 0 Å². The molecule has 2 saturated heterocycles. The highest BCUT2D eigenvalue weighted by molar-refractivity contribution is 5.92. The molecule has 1 aliphatic carbocycles. The molecule has 0 amide bonds. The number of likely N-dealkylation sites (N-methyl/N-ethyl adjacent to an activating group) is 1. The SMILES string of the molecule is C=Cn1cc(C(=O)O)c(=O)c2cc(F)c(N3CC4(CF)CC(NC)(C3)C4)nc21. The molecule has 3 fully saturated rings. The number of fused-ring (bicyclic) bond motifs is 3. The third-order valence-electron chi connectivity index (χ3n) is 5.93. The summed E-state index contributed by atoms with van der Waals surface area (Å²) in [6, 6.07) is 1.00. The van der Waals surface area contributed by atoms with E-state index in [4.69, 9.17) is 0 Å². The highest BCUT2D eigenvalue weighted by Crippen LogP contribution is 2.54. The fourth-order valence-corrected chi connectivity index (χ4v) is 4.73. The van der Waals surface area contributed by atoms with Gasteiger partial charge < -0.3 is 19.9 Å². The number of nitrogens with zero attached hydrogens (tertiary/aromatic N) is 3. The molecule has 2 aromatic rings. The lowest BCUT2D eigenvalue weighted by Crippen LogP contribution is -2.73. The number of aromatic nitrogens is 2. The number of alkyl halides is 1. The van der Waals surface area contributed by atoms with Crippen molar-refractivity contribution < 1.29 is 18.7 Å². The normalized spacial score (nSPS) is 26.2. The Hall–Kier alpha value is -2.81. The molecule has 0 unspecified atom stereocenters. The Bertz CT molecular complexity index is 1040. The number of carboxylic acids is 1. The van der Waals surface area contributed by atoms with Crippen LogP contribution in [0.1, 0.15) is 23.2 Å². The minimum absolute atomic E-state index is 0.0161. The first-order valence-electron chi connectivity index (χ1n) is 8.88. The number of rotatable bonds is 5. The van der Waals surface area contributed by atoms with E-state index in [-0.39, 0.29) is 22.4 Å². The largest absolute Gasteiger partial charge is 0.477 e. The Labute approximate surface area is 159 Å². The van der Waals surface area contributed by atoms with Crippen LogP contribution in [-0.4, -0.2) is 53.0 Å². The van der Waals surface area contributed by atoms with Gasteiger partial charge in [0.15, 0.2) is 17.3 Å². The third-order valence-corrected chi connectivity index (χ3v) is 5.93. The molecular weight excluding hydrogens is 370 g/mol. The lowest BCUT2D eigenvalue weighted by atomic mass is 9.54. The number of hydrogen-bond donors (Lipinski definition) is 2. The van der Waals surface area contributed by atoms with Crippen LogP contribution in [0.25, 0.3) is 17.2 Å². The van der Waals surface area contributed by atoms with Gasteiger partial charge in [-0.1, -0.05) is 6.58 Å². The molecule has 0 atom stereocenters. The van der Waals surface area contributed by atoms with E-state index < -0.39 is 34.9 Å². The van der Waals surface area contributed by atoms with Crippen molar-refractivity contribution in [3.63, 3.8) is 0 Å². The van der Waals surface area contributed by atoms with E-state index in [1.807, 2.05) is 0 Å². The number of hydrogen-bond acceptors (Lipinski definition) is 5. The average molecular weight is 390 g/mol. The monoisotopic (exact) mass is 390 g/mol. The summed E-state index contributed by atoms with van der Waals surface area (Å²) >= 11 is 0. The van der Waals surface area contributed by atoms with Gasteiger partial charge in [0.25, 0.3) is 0 Å². The standard InChI is InChI=1S/C19H20F2N4O3/c1-3-24-5-12(17(27)28)14(26)11-4-13(21)16(23-15(11)24)25-9-18(8-20)6-19(7-18,10-25)22-2/h3-5,22H,1,6-10H2,2H3,(H,27,28). The molecule has 3 aliphatic rings. The third kappa shape index (κ3) is 2.53. The van der Waals surface area contributed by atoms with E-state index in [9.17, 15) is 23.5 Å². The summed E-state index contributed by atoms with van der Waals surface area (Å²) in [7, 11) is 1.80. The van der Waals surface area contributed by atoms with Gasteiger partial charge in [0.05, 0.1) is 12.1 Å². The average Bonchev–Trinajstić information content (AvgIpc) is 2.67. The van der Waals surface area contributed by atoms with Crippen molar-refractivity contribution in [1.29, 1.82) is 0 Å². The lowest BCUT2D eigenvalue weighted by molar-refractivity contribution is -0.0334. The van der Waals surface area contributed by atoms with Crippen molar-refractivity contribution in [2.75, 3.05) is 31.7 Å². The smallest absolute Gasteiger partial charge is 0.341 e. The topological polar surface area (TPSA) is 87.5 Å². The molecule has 2 aromatic heterocycles. The first-order valence-corrected chi connectivity index (χ1v) is 8.88. The molecule has 4 heterocycles. The Morgan fingerprint density at radius 2 is 2.18 bits per heavy atom. The van der Waals surface area contributed by atoms with Gasteiger partial charge in [0.2, 0.25) is 5.43 Å². The van der Waals surface area contributed by atoms with Gasteiger partial charge >= 0.3 is 5.97 Å². The van der Waals surface area contributed by atoms with Crippen LogP contribution in [0.5, 0.6) is 0 Å². The molecule has 2 aliphatic heterocycles. The molecule has 5 rings (SSSR count). The Kier molecular flexibility index (Phi) is 4.04. The van der Waals surface area contributed by atoms with Gasteiger partial charge in [0, 0.05) is 36.4 Å². The predicted octanol–water partition coefficient (Wildman–Crippen LogP) is 1.86. The molecule has 148 valence electrons. The number of carbonyl (C=O) groups is 1. The molecule has 0 radical (unpaired) electrons. The second kappa shape index (κ2) is 6.10. The summed E-state index contributed by atoms with van der Waals surface area (Å²) in [5, 5.41) is 12.3. The Morgan fingerprint density at radius 1 is 1.46 bits per heavy atom. The zero-order valence-electron chi connectivity index (χ0n) is 15.3. The maximum Gasteiger partial charge on any atom is 0.341 e. The van der Waals surface area contributed by atoms with E-state index >= 15 is 0 Å². The van der Waals surface area contributed by atoms with Crippen molar-refractivity contribution in [3.8, 4) is 0 Å². The lowest BCUT2D eigenvalue weighted by Gasteiger charge is -2.63. The van der Waals surface area contributed by atoms with E-state index in [2.05, 4.69) is 16.9 Å². The van der Waals surface area contributed by atoms with Gasteiger partial charge in [-0.25, -0.2) is 14.2 Å². The second-order valence-corrected chi connectivity index (χ2v) is 7.81. The number of carboxylic acid groups (broad SMARTS) is 1. The number of halogens is 2. The van der Waals surface area contributed by atoms with Crippen molar-refractivity contribution in [2.45, 2.75) is 18.4 Å². The summed E-state index contributed by atoms with van der Waals surface area (Å²) in [5.41, 5.74) is -2.03. The highest BCUT2D eigenvalue weighted by atomic mass is 19.1. The summed E-state index contributed by atoms with van der Waals surface area (Å²) in [4.78, 5) is 29.7. The Balaban J connectivity index is 1.86. The zero-order valence-corrected chi connectivity index (χ0v) is 15.3. The van der Waals surface area contributed by atoms with Crippen LogP contribution in [0.15, 0.2) is 23.6 Å². The number of pyridine rings is 2. The van der Waals surface area contributed by atoms with Gasteiger partial charge in [-0.05, 0) is 26.0 Å². The minimum atomic E-state index is -1.41. The van der Waals surface area contributed by atoms with Crippen LogP contribution in [-0.2, 0) is 0 Å². The predicted molar refractivity (Wildman–Crippen MR) is 101 cm³/mol. The molecular formula is C19H20F2N4O3. The molecule has 2 bridgehead atoms. The van der Waals surface area contributed by atoms with Crippen molar-refractivity contribution in [3.05, 3.63) is 40.4 Å². The van der Waals surface area contributed by atoms with Crippen molar-refractivity contribution >= 4 is 29.0 Å². The van der Waals surface area contributed by atoms with Gasteiger partial charge in [-0.3, -0.25) is 9.18 Å². The van der Waals surface area contributed by atoms with E-state index in [1.165, 1.54) is 10.8 Å². The summed E-state index contributed by atoms with van der Waals surface area (Å²) in [5.74, 6) is -2.14. The maximum atomic E-state index is 14.9. The molecule has 9 heteroatoms. The second-order valence-electron chi connectivity index (χ2n) is 7.81. The molecule has 28 heavy (non-hydrogen) atoms. The van der Waals surface area contributed by atoms with Crippen LogP contribution >= 0.6 is 0 Å². The number of aromatic carboxylic acids is 1. The van der Waals surface area contributed by atoms with Crippen LogP contribution in [0, 0.1) is 11.2 Å². The van der Waals surface area contributed by atoms with Crippen LogP contribution in [0.4, 0.5) is 14.6 Å².